The molecule has 4 nitrogen and oxygen atoms in total. The zero-order valence-electron chi connectivity index (χ0n) is 17.8. The van der Waals surface area contributed by atoms with Crippen LogP contribution in [0, 0.1) is 18.8 Å². The van der Waals surface area contributed by atoms with Gasteiger partial charge >= 0.3 is 0 Å². The van der Waals surface area contributed by atoms with E-state index < -0.39 is 0 Å². The number of para-hydroxylation sites is 1. The summed E-state index contributed by atoms with van der Waals surface area (Å²) >= 11 is 0. The predicted octanol–water partition coefficient (Wildman–Crippen LogP) is 4.83. The molecule has 152 valence electrons. The van der Waals surface area contributed by atoms with E-state index in [0.717, 1.165) is 56.0 Å². The first-order chi connectivity index (χ1) is 14.0. The van der Waals surface area contributed by atoms with Crippen LogP contribution in [0.3, 0.4) is 0 Å². The molecule has 2 saturated heterocycles. The summed E-state index contributed by atoms with van der Waals surface area (Å²) in [6, 6.07) is 16.8. The lowest BCUT2D eigenvalue weighted by Gasteiger charge is -2.22. The van der Waals surface area contributed by atoms with E-state index in [1.807, 2.05) is 12.1 Å². The molecule has 2 aromatic rings. The second kappa shape index (κ2) is 8.40. The highest BCUT2D eigenvalue weighted by atomic mass is 16.2. The van der Waals surface area contributed by atoms with Gasteiger partial charge in [-0.05, 0) is 61.9 Å². The fourth-order valence-corrected chi connectivity index (χ4v) is 4.45. The van der Waals surface area contributed by atoms with E-state index in [9.17, 15) is 4.79 Å². The Kier molecular flexibility index (Phi) is 5.70. The lowest BCUT2D eigenvalue weighted by Crippen LogP contribution is -2.35. The van der Waals surface area contributed by atoms with Crippen molar-refractivity contribution in [3.8, 4) is 0 Å². The number of anilines is 1. The van der Waals surface area contributed by atoms with Gasteiger partial charge in [-0.2, -0.15) is 0 Å². The van der Waals surface area contributed by atoms with Crippen molar-refractivity contribution in [2.45, 2.75) is 33.6 Å². The third-order valence-corrected chi connectivity index (χ3v) is 6.31. The van der Waals surface area contributed by atoms with Gasteiger partial charge in [0.15, 0.2) is 0 Å². The average molecular weight is 390 g/mol. The van der Waals surface area contributed by atoms with Gasteiger partial charge in [0.05, 0.1) is 11.6 Å². The van der Waals surface area contributed by atoms with Crippen LogP contribution in [-0.2, 0) is 4.79 Å². The number of likely N-dealkylation sites (tertiary alicyclic amines) is 1. The van der Waals surface area contributed by atoms with E-state index in [1.54, 1.807) is 0 Å². The minimum absolute atomic E-state index is 0.130. The van der Waals surface area contributed by atoms with Gasteiger partial charge in [-0.25, -0.2) is 0 Å². The molecule has 2 heterocycles. The number of nitrogens with zero attached hydrogens (tertiary/aromatic N) is 3. The molecule has 0 bridgehead atoms. The van der Waals surface area contributed by atoms with E-state index >= 15 is 0 Å². The van der Waals surface area contributed by atoms with Crippen LogP contribution in [0.2, 0.25) is 0 Å². The molecule has 1 amide bonds. The number of carbonyl (C=O) groups excluding carboxylic acids is 1. The first-order valence-corrected chi connectivity index (χ1v) is 10.8. The lowest BCUT2D eigenvalue weighted by atomic mass is 10.1. The Morgan fingerprint density at radius 3 is 2.62 bits per heavy atom. The Morgan fingerprint density at radius 1 is 1.03 bits per heavy atom. The highest BCUT2D eigenvalue weighted by Crippen LogP contribution is 2.28. The van der Waals surface area contributed by atoms with Crippen LogP contribution in [0.15, 0.2) is 53.5 Å². The normalized spacial score (nSPS) is 22.4. The van der Waals surface area contributed by atoms with Gasteiger partial charge in [-0.3, -0.25) is 9.79 Å². The molecule has 2 fully saturated rings. The van der Waals surface area contributed by atoms with Crippen molar-refractivity contribution in [1.82, 2.24) is 4.90 Å². The second-order valence-corrected chi connectivity index (χ2v) is 8.64. The third-order valence-electron chi connectivity index (χ3n) is 6.31. The largest absolute Gasteiger partial charge is 0.371 e. The zero-order valence-corrected chi connectivity index (χ0v) is 17.8. The number of hydrogen-bond donors (Lipinski definition) is 0. The van der Waals surface area contributed by atoms with Crippen LogP contribution in [0.5, 0.6) is 0 Å². The first kappa shape index (κ1) is 19.7. The molecule has 2 atom stereocenters. The van der Waals surface area contributed by atoms with E-state index in [0.29, 0.717) is 11.8 Å². The highest BCUT2D eigenvalue weighted by Gasteiger charge is 2.34. The Morgan fingerprint density at radius 2 is 1.86 bits per heavy atom. The Labute approximate surface area is 174 Å². The summed E-state index contributed by atoms with van der Waals surface area (Å²) in [6.45, 7) is 10.0. The number of carbonyl (C=O) groups is 1. The molecule has 2 unspecified atom stereocenters. The number of aliphatic imine (C=N–C) groups is 1. The molecular formula is C25H31N3O. The topological polar surface area (TPSA) is 35.9 Å². The zero-order chi connectivity index (χ0) is 20.4. The Balaban J connectivity index is 1.46. The number of hydrogen-bond acceptors (Lipinski definition) is 3. The van der Waals surface area contributed by atoms with Gasteiger partial charge in [0.1, 0.15) is 0 Å². The number of amides is 1. The van der Waals surface area contributed by atoms with E-state index in [4.69, 9.17) is 4.99 Å². The van der Waals surface area contributed by atoms with Gasteiger partial charge in [0, 0.05) is 37.6 Å². The van der Waals surface area contributed by atoms with Gasteiger partial charge in [0.2, 0.25) is 5.91 Å². The van der Waals surface area contributed by atoms with Crippen LogP contribution in [-0.4, -0.2) is 42.7 Å². The monoisotopic (exact) mass is 389 g/mol. The maximum atomic E-state index is 12.9. The minimum atomic E-state index is 0.130. The lowest BCUT2D eigenvalue weighted by molar-refractivity contribution is -0.133. The van der Waals surface area contributed by atoms with E-state index in [1.165, 1.54) is 11.3 Å². The summed E-state index contributed by atoms with van der Waals surface area (Å²) < 4.78 is 0. The SMILES string of the molecule is CC(=Nc1ccccc1C)c1cccc(N2CCC(C(=O)N3CCC(C)C3)C2)c1. The summed E-state index contributed by atoms with van der Waals surface area (Å²) in [6.07, 6.45) is 2.09. The maximum absolute atomic E-state index is 12.9. The van der Waals surface area contributed by atoms with Gasteiger partial charge < -0.3 is 9.80 Å². The summed E-state index contributed by atoms with van der Waals surface area (Å²) in [5.41, 5.74) is 5.53. The van der Waals surface area contributed by atoms with Gasteiger partial charge in [-0.15, -0.1) is 0 Å². The molecule has 0 aliphatic carbocycles. The number of benzene rings is 2. The van der Waals surface area contributed by atoms with Crippen molar-refractivity contribution >= 4 is 23.0 Å². The van der Waals surface area contributed by atoms with Crippen molar-refractivity contribution in [2.24, 2.45) is 16.8 Å². The third kappa shape index (κ3) is 4.36. The molecule has 2 aromatic carbocycles. The molecule has 4 heteroatoms. The van der Waals surface area contributed by atoms with Crippen molar-refractivity contribution < 1.29 is 4.79 Å². The van der Waals surface area contributed by atoms with Gasteiger partial charge in [0.25, 0.3) is 0 Å². The number of aryl methyl sites for hydroxylation is 1. The van der Waals surface area contributed by atoms with Crippen LogP contribution < -0.4 is 4.90 Å². The van der Waals surface area contributed by atoms with Crippen molar-refractivity contribution in [3.63, 3.8) is 0 Å². The summed E-state index contributed by atoms with van der Waals surface area (Å²) in [5, 5.41) is 0. The number of rotatable bonds is 4. The maximum Gasteiger partial charge on any atom is 0.227 e. The van der Waals surface area contributed by atoms with Crippen molar-refractivity contribution in [3.05, 3.63) is 59.7 Å². The van der Waals surface area contributed by atoms with Crippen molar-refractivity contribution in [2.75, 3.05) is 31.1 Å². The molecule has 2 aliphatic rings. The Hall–Kier alpha value is -2.62. The van der Waals surface area contributed by atoms with Crippen LogP contribution in [0.4, 0.5) is 11.4 Å². The molecule has 0 spiro atoms. The van der Waals surface area contributed by atoms with Crippen molar-refractivity contribution in [1.29, 1.82) is 0 Å². The summed E-state index contributed by atoms with van der Waals surface area (Å²) in [7, 11) is 0. The highest BCUT2D eigenvalue weighted by molar-refractivity contribution is 6.01. The molecular weight excluding hydrogens is 358 g/mol. The molecule has 0 N–H and O–H groups in total. The van der Waals surface area contributed by atoms with Crippen LogP contribution in [0.1, 0.15) is 37.8 Å². The standard InChI is InChI=1S/C25H31N3O/c1-18-11-13-28(16-18)25(29)22-12-14-27(17-22)23-9-6-8-21(15-23)20(3)26-24-10-5-4-7-19(24)2/h4-10,15,18,22H,11-14,16-17H2,1-3H3. The Bertz CT molecular complexity index is 920. The summed E-state index contributed by atoms with van der Waals surface area (Å²) in [4.78, 5) is 22.1. The molecule has 4 rings (SSSR count). The fourth-order valence-electron chi connectivity index (χ4n) is 4.45. The second-order valence-electron chi connectivity index (χ2n) is 8.64. The molecule has 2 aliphatic heterocycles. The van der Waals surface area contributed by atoms with Crippen LogP contribution in [0.25, 0.3) is 0 Å². The molecule has 29 heavy (non-hydrogen) atoms. The fraction of sp³-hybridized carbons (Fsp3) is 0.440. The average Bonchev–Trinajstić information content (AvgIpc) is 3.39. The molecule has 0 saturated carbocycles. The van der Waals surface area contributed by atoms with Gasteiger partial charge in [-0.1, -0.05) is 37.3 Å². The smallest absolute Gasteiger partial charge is 0.227 e. The van der Waals surface area contributed by atoms with E-state index in [2.05, 4.69) is 67.0 Å². The first-order valence-electron chi connectivity index (χ1n) is 10.8. The predicted molar refractivity (Wildman–Crippen MR) is 120 cm³/mol. The molecule has 0 radical (unpaired) electrons. The quantitative estimate of drug-likeness (QED) is 0.702. The van der Waals surface area contributed by atoms with E-state index in [-0.39, 0.29) is 5.92 Å². The van der Waals surface area contributed by atoms with Crippen LogP contribution >= 0.6 is 0 Å². The summed E-state index contributed by atoms with van der Waals surface area (Å²) in [5.74, 6) is 1.12. The molecule has 0 aromatic heterocycles. The minimum Gasteiger partial charge on any atom is -0.371 e.